The molecule has 0 aliphatic carbocycles. The van der Waals surface area contributed by atoms with Crippen molar-refractivity contribution >= 4 is 107 Å². The Bertz CT molecular complexity index is 862. The molecule has 0 aromatic heterocycles. The molecule has 0 saturated carbocycles. The molecular weight excluding hydrogens is 583 g/mol. The number of hydrogen-bond donors (Lipinski definition) is 0. The number of benzene rings is 3. The van der Waals surface area contributed by atoms with Gasteiger partial charge in [0.25, 0.3) is 0 Å². The molecule has 8 heteroatoms. The van der Waals surface area contributed by atoms with Gasteiger partial charge in [0, 0.05) is 0 Å². The summed E-state index contributed by atoms with van der Waals surface area (Å²) in [5.41, 5.74) is 0. The van der Waals surface area contributed by atoms with E-state index in [1.54, 1.807) is 36.4 Å². The Balaban J connectivity index is 2.38. The molecule has 0 N–H and O–H groups in total. The van der Waals surface area contributed by atoms with Crippen LogP contribution < -0.4 is 10.7 Å². The summed E-state index contributed by atoms with van der Waals surface area (Å²) in [7, 11) is 7.42. The normalized spacial score (nSPS) is 11.7. The maximum absolute atomic E-state index is 7.42. The van der Waals surface area contributed by atoms with Crippen LogP contribution >= 0.6 is 78.5 Å². The number of hydrogen-bond acceptors (Lipinski definition) is 0. The molecule has 0 unspecified atom stereocenters. The molecule has 3 aromatic carbocycles. The summed E-state index contributed by atoms with van der Waals surface area (Å²) in [4.78, 5) is 0. The fourth-order valence-electron chi connectivity index (χ4n) is 2.74. The fourth-order valence-corrected chi connectivity index (χ4v) is 19.7. The van der Waals surface area contributed by atoms with Gasteiger partial charge in [0.05, 0.1) is 0 Å². The van der Waals surface area contributed by atoms with Crippen molar-refractivity contribution in [2.24, 2.45) is 0 Å². The van der Waals surface area contributed by atoms with Crippen LogP contribution in [0.15, 0.2) is 54.6 Å². The first kappa shape index (κ1) is 21.2. The molecule has 0 atom stereocenters. The van der Waals surface area contributed by atoms with Crippen LogP contribution in [0.5, 0.6) is 0 Å². The molecule has 0 amide bonds. The molecule has 26 heavy (non-hydrogen) atoms. The average molecular weight is 592 g/mol. The third-order valence-electron chi connectivity index (χ3n) is 3.91. The van der Waals surface area contributed by atoms with E-state index in [1.165, 1.54) is 0 Å². The molecule has 0 aliphatic heterocycles. The monoisotopic (exact) mass is 590 g/mol. The van der Waals surface area contributed by atoms with Crippen LogP contribution in [0.2, 0.25) is 30.1 Å². The van der Waals surface area contributed by atoms with E-state index in [4.69, 9.17) is 78.5 Å². The van der Waals surface area contributed by atoms with Crippen molar-refractivity contribution in [2.45, 2.75) is 0 Å². The summed E-state index contributed by atoms with van der Waals surface area (Å²) >= 11 is 33.6. The van der Waals surface area contributed by atoms with Gasteiger partial charge in [0.1, 0.15) is 0 Å². The predicted molar refractivity (Wildman–Crippen MR) is 120 cm³/mol. The van der Waals surface area contributed by atoms with Gasteiger partial charge in [0.15, 0.2) is 0 Å². The van der Waals surface area contributed by atoms with Gasteiger partial charge in [-0.05, 0) is 0 Å². The van der Waals surface area contributed by atoms with E-state index in [9.17, 15) is 0 Å². The van der Waals surface area contributed by atoms with E-state index in [0.717, 1.165) is 10.7 Å². The zero-order chi connectivity index (χ0) is 19.1. The molecule has 0 aliphatic rings. The van der Waals surface area contributed by atoms with Crippen LogP contribution in [0.25, 0.3) is 0 Å². The van der Waals surface area contributed by atoms with Crippen LogP contribution in [0.1, 0.15) is 0 Å². The van der Waals surface area contributed by atoms with E-state index in [2.05, 4.69) is 0 Å². The molecule has 0 heterocycles. The minimum absolute atomic E-state index is 0.473. The van der Waals surface area contributed by atoms with Gasteiger partial charge >= 0.3 is 191 Å². The number of halogens is 7. The van der Waals surface area contributed by atoms with Gasteiger partial charge in [-0.15, -0.1) is 0 Å². The molecule has 3 rings (SSSR count). The van der Waals surface area contributed by atoms with Gasteiger partial charge in [-0.25, -0.2) is 0 Å². The van der Waals surface area contributed by atoms with Gasteiger partial charge in [-0.3, -0.25) is 0 Å². The van der Waals surface area contributed by atoms with Gasteiger partial charge in [0.2, 0.25) is 0 Å². The Kier molecular flexibility index (Phi) is 6.91. The van der Waals surface area contributed by atoms with Gasteiger partial charge < -0.3 is 0 Å². The van der Waals surface area contributed by atoms with Crippen molar-refractivity contribution in [3.63, 3.8) is 0 Å². The van der Waals surface area contributed by atoms with Crippen LogP contribution in [0.4, 0.5) is 0 Å². The summed E-state index contributed by atoms with van der Waals surface area (Å²) < 4.78 is 2.38. The molecule has 0 bridgehead atoms. The van der Waals surface area contributed by atoms with Crippen LogP contribution in [-0.2, 0) is 0 Å². The summed E-state index contributed by atoms with van der Waals surface area (Å²) in [5, 5.41) is 2.98. The summed E-state index contributed by atoms with van der Waals surface area (Å²) in [6.07, 6.45) is 0. The topological polar surface area (TPSA) is 0 Å². The van der Waals surface area contributed by atoms with E-state index in [0.29, 0.717) is 30.1 Å². The van der Waals surface area contributed by atoms with Crippen LogP contribution in [-0.4, -0.2) is 17.3 Å². The van der Waals surface area contributed by atoms with Crippen molar-refractivity contribution < 1.29 is 0 Å². The maximum atomic E-state index is 7.42. The molecule has 134 valence electrons. The van der Waals surface area contributed by atoms with Crippen molar-refractivity contribution in [3.05, 3.63) is 84.7 Å². The summed E-state index contributed by atoms with van der Waals surface area (Å²) in [6, 6.07) is 15.8. The zero-order valence-electron chi connectivity index (χ0n) is 12.8. The van der Waals surface area contributed by atoms with Crippen molar-refractivity contribution in [2.75, 3.05) is 0 Å². The Morgan fingerprint density at radius 3 is 0.962 bits per heavy atom. The van der Waals surface area contributed by atoms with E-state index in [1.807, 2.05) is 18.2 Å². The fraction of sp³-hybridized carbons (Fsp3) is 0. The quantitative estimate of drug-likeness (QED) is 0.294. The second kappa shape index (κ2) is 8.47. The summed E-state index contributed by atoms with van der Waals surface area (Å²) in [5.74, 6) is 0. The standard InChI is InChI=1S/3C6H3Cl2.ClH.Sn/c3*7-5-2-1-3-6(8)4-5;;/h3*1-2,4H;1H;/q;;;;+1/p-1. The zero-order valence-corrected chi connectivity index (χ0v) is 21.0. The van der Waals surface area contributed by atoms with E-state index < -0.39 is 17.3 Å². The molecule has 0 saturated heterocycles. The SMILES string of the molecule is Clc1cc[c]([Sn]([Cl])([c]2ccc(Cl)cc2Cl)[c]2ccc(Cl)cc2Cl)c(Cl)c1. The van der Waals surface area contributed by atoms with Crippen molar-refractivity contribution in [1.82, 2.24) is 0 Å². The summed E-state index contributed by atoms with van der Waals surface area (Å²) in [6.45, 7) is 0. The second-order valence-electron chi connectivity index (χ2n) is 5.53. The van der Waals surface area contributed by atoms with E-state index in [-0.39, 0.29) is 0 Å². The van der Waals surface area contributed by atoms with Crippen LogP contribution in [0.3, 0.4) is 0 Å². The Morgan fingerprint density at radius 1 is 0.462 bits per heavy atom. The Labute approximate surface area is 189 Å². The molecular formula is C18H9Cl7Sn. The molecule has 3 aromatic rings. The second-order valence-corrected chi connectivity index (χ2v) is 20.2. The molecule has 0 nitrogen and oxygen atoms in total. The third-order valence-corrected chi connectivity index (χ3v) is 21.1. The first-order valence-corrected chi connectivity index (χ1v) is 17.5. The first-order chi connectivity index (χ1) is 12.2. The Hall–Kier alpha value is 0.489. The Morgan fingerprint density at radius 2 is 0.731 bits per heavy atom. The first-order valence-electron chi connectivity index (χ1n) is 7.29. The molecule has 0 spiro atoms. The van der Waals surface area contributed by atoms with Crippen LogP contribution in [0, 0.1) is 0 Å². The third kappa shape index (κ3) is 4.09. The molecule has 0 fully saturated rings. The predicted octanol–water partition coefficient (Wildman–Crippen LogP) is 6.81. The minimum atomic E-state index is -4.16. The average Bonchev–Trinajstić information content (AvgIpc) is 2.54. The van der Waals surface area contributed by atoms with Crippen molar-refractivity contribution in [1.29, 1.82) is 0 Å². The van der Waals surface area contributed by atoms with E-state index >= 15 is 0 Å². The van der Waals surface area contributed by atoms with Crippen molar-refractivity contribution in [3.8, 4) is 0 Å². The number of rotatable bonds is 3. The van der Waals surface area contributed by atoms with Gasteiger partial charge in [-0.2, -0.15) is 0 Å². The molecule has 0 radical (unpaired) electrons. The van der Waals surface area contributed by atoms with Gasteiger partial charge in [-0.1, -0.05) is 0 Å².